The van der Waals surface area contributed by atoms with Crippen molar-refractivity contribution in [2.24, 2.45) is 12.1 Å². The molecule has 0 aromatic carbocycles. The summed E-state index contributed by atoms with van der Waals surface area (Å²) in [5.74, 6) is -0.905. The van der Waals surface area contributed by atoms with Gasteiger partial charge in [-0.05, 0) is 25.1 Å². The lowest BCUT2D eigenvalue weighted by Gasteiger charge is -2.09. The summed E-state index contributed by atoms with van der Waals surface area (Å²) in [6, 6.07) is 3.74. The Labute approximate surface area is 144 Å². The molecule has 3 heterocycles. The van der Waals surface area contributed by atoms with Crippen LogP contribution in [0.3, 0.4) is 0 Å². The number of aromatic nitrogens is 4. The SMILES string of the molecule is Cc1nn(C)c(F)c1C=NNc1nc(-c2ccco2)cc(C(F)(F)F)n1. The van der Waals surface area contributed by atoms with Gasteiger partial charge < -0.3 is 4.42 Å². The quantitative estimate of drug-likeness (QED) is 0.434. The summed E-state index contributed by atoms with van der Waals surface area (Å²) in [6.45, 7) is 1.57. The predicted molar refractivity (Wildman–Crippen MR) is 83.9 cm³/mol. The molecule has 0 spiro atoms. The van der Waals surface area contributed by atoms with Crippen molar-refractivity contribution in [2.75, 3.05) is 5.43 Å². The number of alkyl halides is 3. The lowest BCUT2D eigenvalue weighted by Crippen LogP contribution is -2.11. The van der Waals surface area contributed by atoms with E-state index in [2.05, 4.69) is 25.6 Å². The number of furan rings is 1. The molecule has 26 heavy (non-hydrogen) atoms. The van der Waals surface area contributed by atoms with Gasteiger partial charge >= 0.3 is 6.18 Å². The largest absolute Gasteiger partial charge is 0.463 e. The van der Waals surface area contributed by atoms with Gasteiger partial charge in [-0.2, -0.15) is 27.8 Å². The zero-order valence-electron chi connectivity index (χ0n) is 13.5. The summed E-state index contributed by atoms with van der Waals surface area (Å²) in [5.41, 5.74) is 1.50. The first-order valence-electron chi connectivity index (χ1n) is 7.24. The highest BCUT2D eigenvalue weighted by atomic mass is 19.4. The third kappa shape index (κ3) is 3.55. The van der Waals surface area contributed by atoms with Gasteiger partial charge in [-0.25, -0.2) is 20.1 Å². The van der Waals surface area contributed by atoms with Crippen molar-refractivity contribution in [1.29, 1.82) is 0 Å². The molecule has 0 saturated carbocycles. The topological polar surface area (TPSA) is 81.1 Å². The van der Waals surface area contributed by atoms with Crippen molar-refractivity contribution >= 4 is 12.2 Å². The number of nitrogens with zero attached hydrogens (tertiary/aromatic N) is 5. The smallest absolute Gasteiger partial charge is 0.433 e. The van der Waals surface area contributed by atoms with Crippen LogP contribution >= 0.6 is 0 Å². The second-order valence-corrected chi connectivity index (χ2v) is 5.22. The number of aryl methyl sites for hydroxylation is 2. The second kappa shape index (κ2) is 6.58. The molecule has 11 heteroatoms. The van der Waals surface area contributed by atoms with Crippen LogP contribution < -0.4 is 5.43 Å². The highest BCUT2D eigenvalue weighted by Crippen LogP contribution is 2.31. The van der Waals surface area contributed by atoms with Crippen LogP contribution in [0.4, 0.5) is 23.5 Å². The third-order valence-electron chi connectivity index (χ3n) is 3.34. The fourth-order valence-electron chi connectivity index (χ4n) is 2.14. The molecule has 0 radical (unpaired) electrons. The zero-order chi connectivity index (χ0) is 18.9. The van der Waals surface area contributed by atoms with E-state index >= 15 is 0 Å². The minimum Gasteiger partial charge on any atom is -0.463 e. The molecular weight excluding hydrogens is 356 g/mol. The number of anilines is 1. The Bertz CT molecular complexity index is 946. The van der Waals surface area contributed by atoms with E-state index in [-0.39, 0.29) is 17.0 Å². The van der Waals surface area contributed by atoms with Gasteiger partial charge in [0.15, 0.2) is 11.5 Å². The fraction of sp³-hybridized carbons (Fsp3) is 0.200. The predicted octanol–water partition coefficient (Wildman–Crippen LogP) is 3.38. The average molecular weight is 368 g/mol. The van der Waals surface area contributed by atoms with Crippen molar-refractivity contribution in [3.05, 3.63) is 47.4 Å². The summed E-state index contributed by atoms with van der Waals surface area (Å²) < 4.78 is 59.0. The number of hydrazone groups is 1. The van der Waals surface area contributed by atoms with Gasteiger partial charge in [0, 0.05) is 7.05 Å². The van der Waals surface area contributed by atoms with Crippen LogP contribution in [0.1, 0.15) is 17.0 Å². The molecule has 0 aliphatic rings. The number of rotatable bonds is 4. The Hall–Kier alpha value is -3.24. The van der Waals surface area contributed by atoms with Crippen LogP contribution in [0, 0.1) is 12.9 Å². The van der Waals surface area contributed by atoms with Crippen molar-refractivity contribution in [3.63, 3.8) is 0 Å². The van der Waals surface area contributed by atoms with E-state index < -0.39 is 23.8 Å². The summed E-state index contributed by atoms with van der Waals surface area (Å²) in [6.07, 6.45) is -2.28. The van der Waals surface area contributed by atoms with Crippen LogP contribution in [0.5, 0.6) is 0 Å². The summed E-state index contributed by atoms with van der Waals surface area (Å²) in [7, 11) is 1.42. The first-order chi connectivity index (χ1) is 12.3. The van der Waals surface area contributed by atoms with Gasteiger partial charge in [0.2, 0.25) is 11.9 Å². The van der Waals surface area contributed by atoms with E-state index in [4.69, 9.17) is 4.42 Å². The Morgan fingerprint density at radius 3 is 2.65 bits per heavy atom. The van der Waals surface area contributed by atoms with Gasteiger partial charge in [0.25, 0.3) is 0 Å². The Kier molecular flexibility index (Phi) is 4.45. The molecule has 0 aliphatic heterocycles. The lowest BCUT2D eigenvalue weighted by atomic mass is 10.2. The lowest BCUT2D eigenvalue weighted by molar-refractivity contribution is -0.141. The molecule has 3 rings (SSSR count). The Morgan fingerprint density at radius 1 is 1.31 bits per heavy atom. The van der Waals surface area contributed by atoms with Gasteiger partial charge in [0.05, 0.1) is 23.7 Å². The molecule has 0 bridgehead atoms. The first kappa shape index (κ1) is 17.6. The Balaban J connectivity index is 1.92. The molecule has 7 nitrogen and oxygen atoms in total. The molecule has 3 aromatic rings. The third-order valence-corrected chi connectivity index (χ3v) is 3.34. The number of hydrogen-bond donors (Lipinski definition) is 1. The summed E-state index contributed by atoms with van der Waals surface area (Å²) in [5, 5.41) is 7.56. The molecular formula is C15H12F4N6O. The van der Waals surface area contributed by atoms with Gasteiger partial charge in [-0.3, -0.25) is 0 Å². The zero-order valence-corrected chi connectivity index (χ0v) is 13.5. The maximum absolute atomic E-state index is 13.8. The molecule has 0 unspecified atom stereocenters. The van der Waals surface area contributed by atoms with Crippen LogP contribution in [0.15, 0.2) is 34.0 Å². The molecule has 0 amide bonds. The normalized spacial score (nSPS) is 12.1. The fourth-order valence-corrected chi connectivity index (χ4v) is 2.14. The van der Waals surface area contributed by atoms with Crippen LogP contribution in [0.2, 0.25) is 0 Å². The second-order valence-electron chi connectivity index (χ2n) is 5.22. The van der Waals surface area contributed by atoms with Gasteiger partial charge in [-0.1, -0.05) is 0 Å². The van der Waals surface area contributed by atoms with E-state index in [9.17, 15) is 17.6 Å². The average Bonchev–Trinajstić information content (AvgIpc) is 3.18. The van der Waals surface area contributed by atoms with E-state index in [1.54, 1.807) is 6.92 Å². The van der Waals surface area contributed by atoms with Crippen LogP contribution in [0.25, 0.3) is 11.5 Å². The van der Waals surface area contributed by atoms with Gasteiger partial charge in [0.1, 0.15) is 5.69 Å². The summed E-state index contributed by atoms with van der Waals surface area (Å²) in [4.78, 5) is 7.30. The Morgan fingerprint density at radius 2 is 2.08 bits per heavy atom. The van der Waals surface area contributed by atoms with Crippen molar-refractivity contribution < 1.29 is 22.0 Å². The van der Waals surface area contributed by atoms with E-state index in [1.807, 2.05) is 0 Å². The maximum Gasteiger partial charge on any atom is 0.433 e. The highest BCUT2D eigenvalue weighted by Gasteiger charge is 2.34. The molecule has 0 fully saturated rings. The minimum absolute atomic E-state index is 0.0706. The minimum atomic E-state index is -4.68. The van der Waals surface area contributed by atoms with Crippen molar-refractivity contribution in [2.45, 2.75) is 13.1 Å². The van der Waals surface area contributed by atoms with E-state index in [0.717, 1.165) is 17.0 Å². The van der Waals surface area contributed by atoms with E-state index in [1.165, 1.54) is 25.4 Å². The van der Waals surface area contributed by atoms with Crippen molar-refractivity contribution in [1.82, 2.24) is 19.7 Å². The van der Waals surface area contributed by atoms with Crippen LogP contribution in [-0.4, -0.2) is 26.0 Å². The maximum atomic E-state index is 13.8. The highest BCUT2D eigenvalue weighted by molar-refractivity contribution is 5.81. The number of hydrogen-bond acceptors (Lipinski definition) is 6. The number of nitrogens with one attached hydrogen (secondary N) is 1. The van der Waals surface area contributed by atoms with Crippen molar-refractivity contribution in [3.8, 4) is 11.5 Å². The molecule has 0 atom stereocenters. The monoisotopic (exact) mass is 368 g/mol. The first-order valence-corrected chi connectivity index (χ1v) is 7.24. The molecule has 136 valence electrons. The molecule has 0 saturated heterocycles. The van der Waals surface area contributed by atoms with Crippen LogP contribution in [-0.2, 0) is 13.2 Å². The standard InChI is InChI=1S/C15H12F4N6O/c1-8-9(13(16)25(2)24-8)7-20-23-14-21-10(11-4-3-5-26-11)6-12(22-14)15(17,18)19/h3-7H,1-2H3,(H,21,22,23). The molecule has 3 aromatic heterocycles. The van der Waals surface area contributed by atoms with E-state index in [0.29, 0.717) is 5.69 Å². The summed E-state index contributed by atoms with van der Waals surface area (Å²) >= 11 is 0. The van der Waals surface area contributed by atoms with Gasteiger partial charge in [-0.15, -0.1) is 0 Å². The molecule has 1 N–H and O–H groups in total. The number of halogens is 4. The molecule has 0 aliphatic carbocycles.